The molecule has 1 heterocycles. The summed E-state index contributed by atoms with van der Waals surface area (Å²) in [6.45, 7) is 0.495. The van der Waals surface area contributed by atoms with E-state index in [1.54, 1.807) is 0 Å². The van der Waals surface area contributed by atoms with Gasteiger partial charge in [-0.3, -0.25) is 4.79 Å². The smallest absolute Gasteiger partial charge is 0.261 e. The predicted octanol–water partition coefficient (Wildman–Crippen LogP) is 3.19. The van der Waals surface area contributed by atoms with Crippen molar-refractivity contribution in [2.45, 2.75) is 17.4 Å². The van der Waals surface area contributed by atoms with E-state index in [9.17, 15) is 26.4 Å². The summed E-state index contributed by atoms with van der Waals surface area (Å²) in [5.74, 6) is -4.57. The van der Waals surface area contributed by atoms with Gasteiger partial charge in [0, 0.05) is 18.3 Å². The molecular weight excluding hydrogens is 465 g/mol. The minimum Gasteiger partial charge on any atom is -0.380 e. The number of nitrogens with one attached hydrogen (secondary N) is 2. The Morgan fingerprint density at radius 1 is 1.14 bits per heavy atom. The van der Waals surface area contributed by atoms with Crippen molar-refractivity contribution in [1.82, 2.24) is 4.72 Å². The van der Waals surface area contributed by atoms with Crippen molar-refractivity contribution in [3.05, 3.63) is 57.8 Å². The van der Waals surface area contributed by atoms with Crippen molar-refractivity contribution < 1.29 is 31.1 Å². The van der Waals surface area contributed by atoms with Crippen molar-refractivity contribution in [2.24, 2.45) is 0 Å². The largest absolute Gasteiger partial charge is 0.380 e. The van der Waals surface area contributed by atoms with Crippen LogP contribution < -0.4 is 10.0 Å². The molecule has 0 unspecified atom stereocenters. The summed E-state index contributed by atoms with van der Waals surface area (Å²) < 4.78 is 74.4. The Bertz CT molecular complexity index is 1030. The molecule has 1 aliphatic rings. The predicted molar refractivity (Wildman–Crippen MR) is 98.0 cm³/mol. The van der Waals surface area contributed by atoms with Gasteiger partial charge in [0.15, 0.2) is 5.82 Å². The molecule has 0 saturated carbocycles. The molecule has 0 radical (unpaired) electrons. The van der Waals surface area contributed by atoms with Crippen LogP contribution in [0.2, 0.25) is 0 Å². The van der Waals surface area contributed by atoms with Crippen molar-refractivity contribution in [1.29, 1.82) is 0 Å². The highest BCUT2D eigenvalue weighted by atomic mass is 79.9. The summed E-state index contributed by atoms with van der Waals surface area (Å²) in [6, 6.07) is 4.33. The molecule has 2 aromatic carbocycles. The Hall–Kier alpha value is -1.95. The van der Waals surface area contributed by atoms with E-state index in [-0.39, 0.29) is 16.8 Å². The van der Waals surface area contributed by atoms with E-state index >= 15 is 0 Å². The Balaban J connectivity index is 1.91. The fraction of sp³-hybridized carbons (Fsp3) is 0.235. The number of amides is 1. The highest BCUT2D eigenvalue weighted by Gasteiger charge is 2.30. The van der Waals surface area contributed by atoms with E-state index in [1.807, 2.05) is 0 Å². The van der Waals surface area contributed by atoms with Gasteiger partial charge in [-0.2, -0.15) is 0 Å². The van der Waals surface area contributed by atoms with Gasteiger partial charge in [0.2, 0.25) is 10.0 Å². The first kappa shape index (κ1) is 20.8. The van der Waals surface area contributed by atoms with Crippen molar-refractivity contribution in [2.75, 3.05) is 18.5 Å². The number of hydrogen-bond acceptors (Lipinski definition) is 4. The van der Waals surface area contributed by atoms with Gasteiger partial charge in [0.05, 0.1) is 11.1 Å². The number of carbonyl (C=O) groups is 1. The molecule has 6 nitrogen and oxygen atoms in total. The van der Waals surface area contributed by atoms with Crippen LogP contribution in [0.1, 0.15) is 16.8 Å². The van der Waals surface area contributed by atoms with Gasteiger partial charge in [-0.05, 0) is 52.7 Å². The number of anilines is 1. The molecule has 1 fully saturated rings. The van der Waals surface area contributed by atoms with Gasteiger partial charge >= 0.3 is 0 Å². The molecule has 150 valence electrons. The number of benzene rings is 2. The van der Waals surface area contributed by atoms with Gasteiger partial charge in [0.1, 0.15) is 22.1 Å². The van der Waals surface area contributed by atoms with Gasteiger partial charge < -0.3 is 10.1 Å². The summed E-state index contributed by atoms with van der Waals surface area (Å²) in [5.41, 5.74) is -1.00. The third-order valence-corrected chi connectivity index (χ3v) is 6.15. The molecule has 0 bridgehead atoms. The van der Waals surface area contributed by atoms with Gasteiger partial charge in [-0.25, -0.2) is 26.3 Å². The number of carbonyl (C=O) groups excluding carboxylic acids is 1. The quantitative estimate of drug-likeness (QED) is 0.690. The lowest BCUT2D eigenvalue weighted by Gasteiger charge is -2.14. The first-order chi connectivity index (χ1) is 13.2. The molecule has 0 spiro atoms. The second-order valence-corrected chi connectivity index (χ2v) is 8.54. The van der Waals surface area contributed by atoms with E-state index in [4.69, 9.17) is 4.74 Å². The Kier molecular flexibility index (Phi) is 6.08. The second kappa shape index (κ2) is 8.19. The highest BCUT2D eigenvalue weighted by Crippen LogP contribution is 2.25. The Labute approximate surface area is 167 Å². The maximum absolute atomic E-state index is 14.8. The average Bonchev–Trinajstić information content (AvgIpc) is 3.10. The molecule has 2 aromatic rings. The van der Waals surface area contributed by atoms with Crippen LogP contribution in [0.3, 0.4) is 0 Å². The molecule has 1 aliphatic heterocycles. The molecule has 3 rings (SSSR count). The summed E-state index contributed by atoms with van der Waals surface area (Å²) in [5, 5.41) is 2.21. The van der Waals surface area contributed by atoms with Crippen molar-refractivity contribution >= 4 is 37.5 Å². The number of rotatable bonds is 5. The van der Waals surface area contributed by atoms with E-state index in [1.165, 1.54) is 12.1 Å². The lowest BCUT2D eigenvalue weighted by Crippen LogP contribution is -2.35. The van der Waals surface area contributed by atoms with E-state index in [0.717, 1.165) is 12.1 Å². The van der Waals surface area contributed by atoms with Crippen LogP contribution in [0.5, 0.6) is 0 Å². The zero-order chi connectivity index (χ0) is 20.5. The average molecular weight is 479 g/mol. The summed E-state index contributed by atoms with van der Waals surface area (Å²) in [4.78, 5) is 11.5. The van der Waals surface area contributed by atoms with Crippen LogP contribution in [0.15, 0.2) is 39.7 Å². The van der Waals surface area contributed by atoms with Crippen LogP contribution in [0.4, 0.5) is 18.9 Å². The second-order valence-electron chi connectivity index (χ2n) is 6.00. The monoisotopic (exact) mass is 478 g/mol. The highest BCUT2D eigenvalue weighted by molar-refractivity contribution is 9.10. The van der Waals surface area contributed by atoms with Crippen LogP contribution >= 0.6 is 15.9 Å². The SMILES string of the molecule is O=C(Nc1ccc(F)c(Br)c1)c1c(F)ccc(S(=O)(=O)N[C@H]2CCOC2)c1F. The topological polar surface area (TPSA) is 84.5 Å². The zero-order valence-corrected chi connectivity index (χ0v) is 16.5. The third kappa shape index (κ3) is 4.37. The molecule has 0 aromatic heterocycles. The Morgan fingerprint density at radius 3 is 2.50 bits per heavy atom. The minimum atomic E-state index is -4.34. The number of sulfonamides is 1. The maximum atomic E-state index is 14.8. The molecule has 1 atom stereocenters. The summed E-state index contributed by atoms with van der Waals surface area (Å²) in [6.07, 6.45) is 0.412. The third-order valence-electron chi connectivity index (χ3n) is 4.00. The molecule has 1 amide bonds. The van der Waals surface area contributed by atoms with Gasteiger partial charge in [-0.15, -0.1) is 0 Å². The zero-order valence-electron chi connectivity index (χ0n) is 14.1. The normalized spacial score (nSPS) is 16.9. The van der Waals surface area contributed by atoms with Gasteiger partial charge in [0.25, 0.3) is 5.91 Å². The van der Waals surface area contributed by atoms with Crippen LogP contribution in [0.25, 0.3) is 0 Å². The van der Waals surface area contributed by atoms with E-state index in [0.29, 0.717) is 19.1 Å². The standard InChI is InChI=1S/C17H14BrF3N2O4S/c18-11-7-9(1-2-12(11)19)22-17(24)15-13(20)3-4-14(16(15)21)28(25,26)23-10-5-6-27-8-10/h1-4,7,10,23H,5-6,8H2,(H,22,24)/t10-/m0/s1. The summed E-state index contributed by atoms with van der Waals surface area (Å²) in [7, 11) is -4.34. The minimum absolute atomic E-state index is 0.0329. The maximum Gasteiger partial charge on any atom is 0.261 e. The number of halogens is 4. The molecule has 1 saturated heterocycles. The fourth-order valence-corrected chi connectivity index (χ4v) is 4.34. The number of ether oxygens (including phenoxy) is 1. The molecular formula is C17H14BrF3N2O4S. The van der Waals surface area contributed by atoms with Crippen LogP contribution in [-0.4, -0.2) is 33.6 Å². The summed E-state index contributed by atoms with van der Waals surface area (Å²) >= 11 is 2.93. The molecule has 11 heteroatoms. The fourth-order valence-electron chi connectivity index (χ4n) is 2.63. The van der Waals surface area contributed by atoms with Crippen LogP contribution in [0, 0.1) is 17.5 Å². The van der Waals surface area contributed by atoms with Crippen molar-refractivity contribution in [3.63, 3.8) is 0 Å². The first-order valence-corrected chi connectivity index (χ1v) is 10.3. The molecule has 2 N–H and O–H groups in total. The van der Waals surface area contributed by atoms with Crippen molar-refractivity contribution in [3.8, 4) is 0 Å². The lowest BCUT2D eigenvalue weighted by atomic mass is 10.1. The van der Waals surface area contributed by atoms with Gasteiger partial charge in [-0.1, -0.05) is 0 Å². The Morgan fingerprint density at radius 2 is 1.86 bits per heavy atom. The molecule has 28 heavy (non-hydrogen) atoms. The van der Waals surface area contributed by atoms with E-state index < -0.39 is 49.9 Å². The lowest BCUT2D eigenvalue weighted by molar-refractivity contribution is 0.101. The van der Waals surface area contributed by atoms with E-state index in [2.05, 4.69) is 26.0 Å². The molecule has 0 aliphatic carbocycles. The van der Waals surface area contributed by atoms with Crippen LogP contribution in [-0.2, 0) is 14.8 Å². The number of hydrogen-bond donors (Lipinski definition) is 2. The first-order valence-electron chi connectivity index (χ1n) is 8.03.